The number of hydrogen-bond donors (Lipinski definition) is 1. The zero-order valence-electron chi connectivity index (χ0n) is 8.39. The zero-order valence-corrected chi connectivity index (χ0v) is 8.39. The molecule has 0 saturated carbocycles. The minimum absolute atomic E-state index is 0.388. The number of hydrogen-bond acceptors (Lipinski definition) is 1. The minimum Gasteiger partial charge on any atom is -0.325 e. The SMILES string of the molecule is C=C(C)/C=C\C(=C/C)CC(N)CF. The van der Waals surface area contributed by atoms with Gasteiger partial charge in [-0.1, -0.05) is 36.0 Å². The van der Waals surface area contributed by atoms with E-state index in [9.17, 15) is 4.39 Å². The average molecular weight is 183 g/mol. The lowest BCUT2D eigenvalue weighted by molar-refractivity contribution is 0.427. The first kappa shape index (κ1) is 12.1. The van der Waals surface area contributed by atoms with Crippen LogP contribution in [0.2, 0.25) is 0 Å². The summed E-state index contributed by atoms with van der Waals surface area (Å²) in [6, 6.07) is -0.388. The monoisotopic (exact) mass is 183 g/mol. The van der Waals surface area contributed by atoms with Crippen LogP contribution in [0.3, 0.4) is 0 Å². The van der Waals surface area contributed by atoms with E-state index in [0.29, 0.717) is 6.42 Å². The van der Waals surface area contributed by atoms with E-state index in [4.69, 9.17) is 5.73 Å². The van der Waals surface area contributed by atoms with Crippen molar-refractivity contribution in [1.29, 1.82) is 0 Å². The fourth-order valence-corrected chi connectivity index (χ4v) is 0.889. The van der Waals surface area contributed by atoms with Crippen molar-refractivity contribution in [2.75, 3.05) is 6.67 Å². The van der Waals surface area contributed by atoms with E-state index in [1.165, 1.54) is 0 Å². The molecule has 0 bridgehead atoms. The van der Waals surface area contributed by atoms with Crippen LogP contribution in [0, 0.1) is 0 Å². The van der Waals surface area contributed by atoms with Crippen LogP contribution in [0.15, 0.2) is 36.0 Å². The summed E-state index contributed by atoms with van der Waals surface area (Å²) in [4.78, 5) is 0. The summed E-state index contributed by atoms with van der Waals surface area (Å²) in [5.41, 5.74) is 7.51. The fraction of sp³-hybridized carbons (Fsp3) is 0.455. The molecule has 0 spiro atoms. The van der Waals surface area contributed by atoms with Crippen molar-refractivity contribution in [3.8, 4) is 0 Å². The largest absolute Gasteiger partial charge is 0.325 e. The van der Waals surface area contributed by atoms with Crippen LogP contribution in [0.1, 0.15) is 20.3 Å². The summed E-state index contributed by atoms with van der Waals surface area (Å²) in [6.07, 6.45) is 6.35. The van der Waals surface area contributed by atoms with Gasteiger partial charge in [-0.15, -0.1) is 0 Å². The topological polar surface area (TPSA) is 26.0 Å². The van der Waals surface area contributed by atoms with E-state index >= 15 is 0 Å². The highest BCUT2D eigenvalue weighted by Gasteiger charge is 2.02. The molecule has 0 aliphatic heterocycles. The van der Waals surface area contributed by atoms with Gasteiger partial charge in [-0.2, -0.15) is 0 Å². The molecule has 0 aliphatic rings. The Morgan fingerprint density at radius 2 is 2.15 bits per heavy atom. The van der Waals surface area contributed by atoms with Gasteiger partial charge in [-0.25, -0.2) is 4.39 Å². The van der Waals surface area contributed by atoms with E-state index in [2.05, 4.69) is 6.58 Å². The second kappa shape index (κ2) is 6.61. The van der Waals surface area contributed by atoms with Gasteiger partial charge in [0.05, 0.1) is 0 Å². The molecule has 0 aromatic carbocycles. The lowest BCUT2D eigenvalue weighted by atomic mass is 10.1. The molecule has 0 aromatic heterocycles. The van der Waals surface area contributed by atoms with Crippen LogP contribution in [-0.2, 0) is 0 Å². The molecule has 0 heterocycles. The van der Waals surface area contributed by atoms with Crippen LogP contribution in [0.25, 0.3) is 0 Å². The molecule has 13 heavy (non-hydrogen) atoms. The van der Waals surface area contributed by atoms with E-state index in [1.807, 2.05) is 32.1 Å². The number of allylic oxidation sites excluding steroid dienone is 4. The highest BCUT2D eigenvalue weighted by atomic mass is 19.1. The Bertz CT molecular complexity index is 216. The third-order valence-electron chi connectivity index (χ3n) is 1.65. The molecule has 74 valence electrons. The first-order valence-corrected chi connectivity index (χ1v) is 4.40. The van der Waals surface area contributed by atoms with E-state index < -0.39 is 6.67 Å². The Hall–Kier alpha value is -0.890. The van der Waals surface area contributed by atoms with Crippen molar-refractivity contribution in [3.63, 3.8) is 0 Å². The van der Waals surface area contributed by atoms with Crippen molar-refractivity contribution >= 4 is 0 Å². The normalized spacial score (nSPS) is 14.9. The van der Waals surface area contributed by atoms with Crippen LogP contribution in [0.4, 0.5) is 4.39 Å². The fourth-order valence-electron chi connectivity index (χ4n) is 0.889. The number of nitrogens with two attached hydrogens (primary N) is 1. The lowest BCUT2D eigenvalue weighted by Crippen LogP contribution is -2.22. The van der Waals surface area contributed by atoms with E-state index in [1.54, 1.807) is 0 Å². The average Bonchev–Trinajstić information content (AvgIpc) is 2.11. The minimum atomic E-state index is -0.474. The molecule has 2 heteroatoms. The Balaban J connectivity index is 4.13. The maximum absolute atomic E-state index is 12.1. The van der Waals surface area contributed by atoms with Gasteiger partial charge in [0.25, 0.3) is 0 Å². The third-order valence-corrected chi connectivity index (χ3v) is 1.65. The van der Waals surface area contributed by atoms with Crippen molar-refractivity contribution in [1.82, 2.24) is 0 Å². The molecule has 0 aliphatic carbocycles. The van der Waals surface area contributed by atoms with Crippen molar-refractivity contribution in [3.05, 3.63) is 36.0 Å². The maximum Gasteiger partial charge on any atom is 0.105 e. The quantitative estimate of drug-likeness (QED) is 0.652. The zero-order chi connectivity index (χ0) is 10.3. The summed E-state index contributed by atoms with van der Waals surface area (Å²) in [5.74, 6) is 0. The molecular weight excluding hydrogens is 165 g/mol. The van der Waals surface area contributed by atoms with Crippen LogP contribution >= 0.6 is 0 Å². The molecule has 0 fully saturated rings. The first-order chi connectivity index (χ1) is 6.10. The summed E-state index contributed by atoms with van der Waals surface area (Å²) in [7, 11) is 0. The van der Waals surface area contributed by atoms with Crippen molar-refractivity contribution in [2.45, 2.75) is 26.3 Å². The van der Waals surface area contributed by atoms with Gasteiger partial charge in [-0.05, 0) is 20.3 Å². The van der Waals surface area contributed by atoms with Gasteiger partial charge in [-0.3, -0.25) is 0 Å². The Morgan fingerprint density at radius 1 is 1.54 bits per heavy atom. The van der Waals surface area contributed by atoms with Gasteiger partial charge in [0, 0.05) is 6.04 Å². The second-order valence-corrected chi connectivity index (χ2v) is 3.16. The predicted octanol–water partition coefficient (Wildman–Crippen LogP) is 2.75. The highest BCUT2D eigenvalue weighted by molar-refractivity contribution is 5.25. The second-order valence-electron chi connectivity index (χ2n) is 3.16. The molecular formula is C11H18FN. The van der Waals surface area contributed by atoms with Gasteiger partial charge in [0.2, 0.25) is 0 Å². The molecule has 1 unspecified atom stereocenters. The Kier molecular flexibility index (Phi) is 6.15. The lowest BCUT2D eigenvalue weighted by Gasteiger charge is -2.06. The van der Waals surface area contributed by atoms with E-state index in [0.717, 1.165) is 11.1 Å². The summed E-state index contributed by atoms with van der Waals surface area (Å²) < 4.78 is 12.1. The molecule has 0 rings (SSSR count). The van der Waals surface area contributed by atoms with Crippen LogP contribution in [0.5, 0.6) is 0 Å². The molecule has 0 amide bonds. The highest BCUT2D eigenvalue weighted by Crippen LogP contribution is 2.07. The number of rotatable bonds is 5. The van der Waals surface area contributed by atoms with Crippen molar-refractivity contribution < 1.29 is 4.39 Å². The Morgan fingerprint density at radius 3 is 2.54 bits per heavy atom. The van der Waals surface area contributed by atoms with Gasteiger partial charge >= 0.3 is 0 Å². The molecule has 0 aromatic rings. The first-order valence-electron chi connectivity index (χ1n) is 4.40. The smallest absolute Gasteiger partial charge is 0.105 e. The standard InChI is InChI=1S/C11H18FN/c1-4-10(6-5-9(2)3)7-11(13)8-12/h4-6,11H,2,7-8,13H2,1,3H3/b6-5-,10-4+. The number of alkyl halides is 1. The molecule has 0 radical (unpaired) electrons. The van der Waals surface area contributed by atoms with Crippen molar-refractivity contribution in [2.24, 2.45) is 5.73 Å². The maximum atomic E-state index is 12.1. The van der Waals surface area contributed by atoms with Crippen LogP contribution < -0.4 is 5.73 Å². The summed E-state index contributed by atoms with van der Waals surface area (Å²) in [5, 5.41) is 0. The molecule has 0 saturated heterocycles. The van der Waals surface area contributed by atoms with E-state index in [-0.39, 0.29) is 6.04 Å². The van der Waals surface area contributed by atoms with Gasteiger partial charge in [0.15, 0.2) is 0 Å². The predicted molar refractivity (Wildman–Crippen MR) is 56.3 cm³/mol. The Labute approximate surface area is 79.8 Å². The third kappa shape index (κ3) is 6.29. The number of halogens is 1. The summed E-state index contributed by atoms with van der Waals surface area (Å²) in [6.45, 7) is 7.10. The summed E-state index contributed by atoms with van der Waals surface area (Å²) >= 11 is 0. The molecule has 1 atom stereocenters. The molecule has 2 N–H and O–H groups in total. The van der Waals surface area contributed by atoms with Gasteiger partial charge < -0.3 is 5.73 Å². The molecule has 1 nitrogen and oxygen atoms in total. The van der Waals surface area contributed by atoms with Crippen LogP contribution in [-0.4, -0.2) is 12.7 Å². The van der Waals surface area contributed by atoms with Gasteiger partial charge in [0.1, 0.15) is 6.67 Å².